The summed E-state index contributed by atoms with van der Waals surface area (Å²) in [5, 5.41) is 1.34. The van der Waals surface area contributed by atoms with Gasteiger partial charge in [-0.15, -0.1) is 11.3 Å². The van der Waals surface area contributed by atoms with Crippen LogP contribution >= 0.6 is 11.3 Å². The molecule has 0 atom stereocenters. The summed E-state index contributed by atoms with van der Waals surface area (Å²) in [7, 11) is 0. The summed E-state index contributed by atoms with van der Waals surface area (Å²) in [4.78, 5) is 1.37. The number of allylic oxidation sites excluding steroid dienone is 6. The number of benzene rings is 2. The fourth-order valence-corrected chi connectivity index (χ4v) is 4.29. The van der Waals surface area contributed by atoms with Crippen LogP contribution in [-0.2, 0) is 0 Å². The maximum absolute atomic E-state index is 3.96. The largest absolute Gasteiger partial charge is 0.140 e. The second kappa shape index (κ2) is 10.8. The monoisotopic (exact) mass is 400 g/mol. The van der Waals surface area contributed by atoms with E-state index in [4.69, 9.17) is 0 Å². The predicted octanol–water partition coefficient (Wildman–Crippen LogP) is 9.47. The van der Waals surface area contributed by atoms with Crippen molar-refractivity contribution in [2.45, 2.75) is 41.5 Å². The molecule has 2 aromatic carbocycles. The Balaban J connectivity index is 0.00000145. The molecule has 1 heteroatoms. The van der Waals surface area contributed by atoms with Gasteiger partial charge in [-0.05, 0) is 73.7 Å². The van der Waals surface area contributed by atoms with Gasteiger partial charge in [0.15, 0.2) is 0 Å². The first-order valence-corrected chi connectivity index (χ1v) is 11.1. The Kier molecular flexibility index (Phi) is 8.42. The molecule has 1 heterocycles. The van der Waals surface area contributed by atoms with Gasteiger partial charge in [0.05, 0.1) is 0 Å². The highest BCUT2D eigenvalue weighted by molar-refractivity contribution is 7.19. The third-order valence-corrected chi connectivity index (χ3v) is 5.74. The molecule has 0 aliphatic carbocycles. The van der Waals surface area contributed by atoms with Crippen molar-refractivity contribution in [2.24, 2.45) is 0 Å². The van der Waals surface area contributed by atoms with E-state index in [0.29, 0.717) is 0 Å². The molecule has 3 rings (SSSR count). The van der Waals surface area contributed by atoms with Gasteiger partial charge in [0.2, 0.25) is 0 Å². The first-order valence-electron chi connectivity index (χ1n) is 10.3. The second-order valence-electron chi connectivity index (χ2n) is 6.79. The summed E-state index contributed by atoms with van der Waals surface area (Å²) in [6.45, 7) is 16.3. The van der Waals surface area contributed by atoms with Crippen LogP contribution in [0.4, 0.5) is 0 Å². The summed E-state index contributed by atoms with van der Waals surface area (Å²) in [6.07, 6.45) is 10.7. The highest BCUT2D eigenvalue weighted by atomic mass is 32.1. The number of hydrogen-bond donors (Lipinski definition) is 0. The van der Waals surface area contributed by atoms with Crippen LogP contribution in [0.15, 0.2) is 78.9 Å². The first-order chi connectivity index (χ1) is 14.0. The van der Waals surface area contributed by atoms with E-state index in [9.17, 15) is 0 Å². The van der Waals surface area contributed by atoms with Crippen LogP contribution in [0.25, 0.3) is 32.9 Å². The van der Waals surface area contributed by atoms with Crippen LogP contribution in [0.5, 0.6) is 0 Å². The Morgan fingerprint density at radius 2 is 1.69 bits per heavy atom. The van der Waals surface area contributed by atoms with E-state index >= 15 is 0 Å². The van der Waals surface area contributed by atoms with Gasteiger partial charge in [-0.3, -0.25) is 0 Å². The van der Waals surface area contributed by atoms with E-state index in [0.717, 1.165) is 5.57 Å². The lowest BCUT2D eigenvalue weighted by atomic mass is 9.97. The maximum atomic E-state index is 3.96. The molecule has 3 aromatic rings. The summed E-state index contributed by atoms with van der Waals surface area (Å²) in [5.41, 5.74) is 7.33. The van der Waals surface area contributed by atoms with Crippen LogP contribution in [0.2, 0.25) is 0 Å². The summed E-state index contributed by atoms with van der Waals surface area (Å²) >= 11 is 1.87. The molecule has 0 aliphatic heterocycles. The minimum absolute atomic E-state index is 1.06. The van der Waals surface area contributed by atoms with Crippen LogP contribution in [0.3, 0.4) is 0 Å². The fraction of sp³-hybridized carbons (Fsp3) is 0.214. The number of thiophene rings is 1. The lowest BCUT2D eigenvalue weighted by Crippen LogP contribution is -1.84. The van der Waals surface area contributed by atoms with Gasteiger partial charge >= 0.3 is 0 Å². The van der Waals surface area contributed by atoms with Crippen LogP contribution in [-0.4, -0.2) is 0 Å². The summed E-state index contributed by atoms with van der Waals surface area (Å²) in [6, 6.07) is 15.6. The highest BCUT2D eigenvalue weighted by Crippen LogP contribution is 2.35. The second-order valence-corrected chi connectivity index (χ2v) is 8.04. The third kappa shape index (κ3) is 5.46. The molecular formula is C28H32S. The Morgan fingerprint density at radius 1 is 0.966 bits per heavy atom. The molecule has 0 nitrogen and oxygen atoms in total. The van der Waals surface area contributed by atoms with Gasteiger partial charge in [0, 0.05) is 15.0 Å². The van der Waals surface area contributed by atoms with Gasteiger partial charge in [0.25, 0.3) is 0 Å². The molecule has 29 heavy (non-hydrogen) atoms. The zero-order chi connectivity index (χ0) is 21.4. The van der Waals surface area contributed by atoms with E-state index in [1.165, 1.54) is 42.8 Å². The van der Waals surface area contributed by atoms with Crippen molar-refractivity contribution in [3.05, 3.63) is 94.9 Å². The molecule has 0 aliphatic rings. The van der Waals surface area contributed by atoms with Crippen LogP contribution in [0, 0.1) is 6.92 Å². The predicted molar refractivity (Wildman–Crippen MR) is 136 cm³/mol. The smallest absolute Gasteiger partial charge is 0.0352 e. The molecule has 0 bridgehead atoms. The molecule has 0 amide bonds. The van der Waals surface area contributed by atoms with Crippen LogP contribution in [0.1, 0.15) is 50.6 Å². The van der Waals surface area contributed by atoms with Gasteiger partial charge in [-0.25, -0.2) is 0 Å². The topological polar surface area (TPSA) is 0 Å². The molecule has 0 fully saturated rings. The van der Waals surface area contributed by atoms with E-state index < -0.39 is 0 Å². The minimum atomic E-state index is 1.06. The minimum Gasteiger partial charge on any atom is -0.140 e. The van der Waals surface area contributed by atoms with Crippen molar-refractivity contribution in [2.75, 3.05) is 0 Å². The van der Waals surface area contributed by atoms with Gasteiger partial charge in [-0.1, -0.05) is 80.6 Å². The molecule has 0 radical (unpaired) electrons. The number of aryl methyl sites for hydroxylation is 1. The van der Waals surface area contributed by atoms with Gasteiger partial charge in [0.1, 0.15) is 0 Å². The fourth-order valence-electron chi connectivity index (χ4n) is 3.26. The van der Waals surface area contributed by atoms with Crippen molar-refractivity contribution in [3.63, 3.8) is 0 Å². The first kappa shape index (κ1) is 22.6. The van der Waals surface area contributed by atoms with Crippen molar-refractivity contribution >= 4 is 33.1 Å². The molecule has 0 saturated heterocycles. The highest BCUT2D eigenvalue weighted by Gasteiger charge is 2.09. The van der Waals surface area contributed by atoms with Crippen molar-refractivity contribution < 1.29 is 0 Å². The number of fused-ring (bicyclic) bond motifs is 1. The summed E-state index contributed by atoms with van der Waals surface area (Å²) in [5.74, 6) is 0. The Bertz CT molecular complexity index is 1070. The van der Waals surface area contributed by atoms with Crippen LogP contribution < -0.4 is 0 Å². The molecule has 0 N–H and O–H groups in total. The number of rotatable bonds is 5. The maximum Gasteiger partial charge on any atom is 0.0352 e. The van der Waals surface area contributed by atoms with E-state index in [2.05, 4.69) is 100 Å². The molecule has 150 valence electrons. The molecular weight excluding hydrogens is 368 g/mol. The Hall–Kier alpha value is -2.64. The molecule has 0 spiro atoms. The zero-order valence-electron chi connectivity index (χ0n) is 18.5. The molecule has 0 unspecified atom stereocenters. The van der Waals surface area contributed by atoms with Gasteiger partial charge < -0.3 is 0 Å². The normalized spacial score (nSPS) is 11.9. The van der Waals surface area contributed by atoms with E-state index in [-0.39, 0.29) is 0 Å². The Labute approximate surface area is 180 Å². The van der Waals surface area contributed by atoms with E-state index in [1.807, 2.05) is 32.1 Å². The lowest BCUT2D eigenvalue weighted by molar-refractivity contribution is 1.50. The van der Waals surface area contributed by atoms with E-state index in [1.54, 1.807) is 0 Å². The Morgan fingerprint density at radius 3 is 2.34 bits per heavy atom. The lowest BCUT2D eigenvalue weighted by Gasteiger charge is -2.08. The third-order valence-electron chi connectivity index (χ3n) is 4.63. The standard InChI is InChI=1S/C26H26S.C2H6/c1-6-9-24-19(5)27-26-15-14-23(17-25(24)26)22-11-8-10-21(16-22)20(7-2)13-12-18(3)4;1-2/h6-17H,3H2,1-2,4-5H3;1-2H3/b9-6-,13-12-,20-7+;. The van der Waals surface area contributed by atoms with Crippen molar-refractivity contribution in [1.29, 1.82) is 0 Å². The summed E-state index contributed by atoms with van der Waals surface area (Å²) < 4.78 is 1.35. The average Bonchev–Trinajstić information content (AvgIpc) is 3.05. The van der Waals surface area contributed by atoms with Gasteiger partial charge in [-0.2, -0.15) is 0 Å². The molecule has 0 saturated carbocycles. The number of hydrogen-bond acceptors (Lipinski definition) is 1. The average molecular weight is 401 g/mol. The molecule has 1 aromatic heterocycles. The van der Waals surface area contributed by atoms with Crippen molar-refractivity contribution in [1.82, 2.24) is 0 Å². The zero-order valence-corrected chi connectivity index (χ0v) is 19.4. The van der Waals surface area contributed by atoms with Crippen molar-refractivity contribution in [3.8, 4) is 11.1 Å². The quantitative estimate of drug-likeness (QED) is 0.374. The SMILES string of the molecule is C=C(C)/C=C\C(=C/C)c1cccc(-c2ccc3sc(C)c(/C=C\C)c3c2)c1.CC.